The number of nitrogen functional groups attached to an aromatic ring is 1. The predicted octanol–water partition coefficient (Wildman–Crippen LogP) is 1.30. The van der Waals surface area contributed by atoms with Crippen LogP contribution in [0.1, 0.15) is 30.6 Å². The van der Waals surface area contributed by atoms with E-state index in [1.165, 1.54) is 18.2 Å². The summed E-state index contributed by atoms with van der Waals surface area (Å²) in [6, 6.07) is 4.02. The summed E-state index contributed by atoms with van der Waals surface area (Å²) in [6.07, 6.45) is 0.0844. The predicted molar refractivity (Wildman–Crippen MR) is 66.5 cm³/mol. The molecule has 1 aromatic rings. The second-order valence-corrected chi connectivity index (χ2v) is 5.30. The van der Waals surface area contributed by atoms with E-state index in [1.807, 2.05) is 13.8 Å². The molecule has 18 heavy (non-hydrogen) atoms. The highest BCUT2D eigenvalue weighted by Gasteiger charge is 2.48. The summed E-state index contributed by atoms with van der Waals surface area (Å²) in [5, 5.41) is 12.4. The van der Waals surface area contributed by atoms with Gasteiger partial charge in [-0.25, -0.2) is 4.39 Å². The van der Waals surface area contributed by atoms with Gasteiger partial charge in [-0.05, 0) is 18.6 Å². The van der Waals surface area contributed by atoms with E-state index < -0.39 is 17.8 Å². The normalized spacial score (nSPS) is 25.3. The number of aliphatic hydroxyl groups excluding tert-OH is 1. The summed E-state index contributed by atoms with van der Waals surface area (Å²) in [7, 11) is 0. The van der Waals surface area contributed by atoms with Crippen molar-refractivity contribution in [2.75, 3.05) is 5.73 Å². The minimum Gasteiger partial charge on any atom is -0.396 e. The first-order valence-corrected chi connectivity index (χ1v) is 5.87. The lowest BCUT2D eigenvalue weighted by molar-refractivity contribution is -0.0689. The highest BCUT2D eigenvalue weighted by atomic mass is 19.1. The van der Waals surface area contributed by atoms with Gasteiger partial charge in [0.25, 0.3) is 5.91 Å². The van der Waals surface area contributed by atoms with Crippen molar-refractivity contribution in [3.8, 4) is 0 Å². The minimum absolute atomic E-state index is 0.123. The third-order valence-corrected chi connectivity index (χ3v) is 3.82. The maximum absolute atomic E-state index is 13.2. The number of hydrogen-bond acceptors (Lipinski definition) is 3. The Bertz CT molecular complexity index is 488. The number of anilines is 1. The third kappa shape index (κ3) is 1.95. The highest BCUT2D eigenvalue weighted by Crippen LogP contribution is 2.40. The molecule has 1 amide bonds. The van der Waals surface area contributed by atoms with E-state index in [2.05, 4.69) is 5.32 Å². The van der Waals surface area contributed by atoms with Crippen molar-refractivity contribution >= 4 is 11.6 Å². The van der Waals surface area contributed by atoms with Crippen LogP contribution >= 0.6 is 0 Å². The number of nitrogens with two attached hydrogens (primary N) is 1. The lowest BCUT2D eigenvalue weighted by Crippen LogP contribution is -2.61. The summed E-state index contributed by atoms with van der Waals surface area (Å²) >= 11 is 0. The Morgan fingerprint density at radius 3 is 2.78 bits per heavy atom. The molecule has 1 aliphatic rings. The molecule has 4 N–H and O–H groups in total. The largest absolute Gasteiger partial charge is 0.396 e. The fourth-order valence-electron chi connectivity index (χ4n) is 2.12. The number of carbonyl (C=O) groups is 1. The molecule has 0 heterocycles. The fraction of sp³-hybridized carbons (Fsp3) is 0.462. The molecule has 1 fully saturated rings. The van der Waals surface area contributed by atoms with Crippen LogP contribution in [0.2, 0.25) is 0 Å². The first-order valence-electron chi connectivity index (χ1n) is 5.87. The Hall–Kier alpha value is -1.62. The molecule has 0 aliphatic heterocycles. The van der Waals surface area contributed by atoms with Crippen LogP contribution in [0.25, 0.3) is 0 Å². The molecule has 1 aliphatic carbocycles. The number of rotatable bonds is 2. The molecule has 0 radical (unpaired) electrons. The Balaban J connectivity index is 2.12. The zero-order chi connectivity index (χ0) is 13.5. The van der Waals surface area contributed by atoms with Gasteiger partial charge < -0.3 is 16.2 Å². The van der Waals surface area contributed by atoms with Gasteiger partial charge in [0.15, 0.2) is 0 Å². The third-order valence-electron chi connectivity index (χ3n) is 3.82. The second-order valence-electron chi connectivity index (χ2n) is 5.30. The van der Waals surface area contributed by atoms with Gasteiger partial charge in [0.05, 0.1) is 17.4 Å². The van der Waals surface area contributed by atoms with Gasteiger partial charge in [-0.15, -0.1) is 0 Å². The van der Waals surface area contributed by atoms with Crippen LogP contribution < -0.4 is 11.1 Å². The number of nitrogens with one attached hydrogen (secondary N) is 1. The topological polar surface area (TPSA) is 75.3 Å². The summed E-state index contributed by atoms with van der Waals surface area (Å²) in [5.41, 5.74) is 5.15. The Morgan fingerprint density at radius 2 is 2.22 bits per heavy atom. The molecule has 5 heteroatoms. The van der Waals surface area contributed by atoms with E-state index in [9.17, 15) is 14.3 Å². The van der Waals surface area contributed by atoms with Crippen molar-refractivity contribution < 1.29 is 14.3 Å². The van der Waals surface area contributed by atoms with Crippen LogP contribution in [0.15, 0.2) is 18.2 Å². The summed E-state index contributed by atoms with van der Waals surface area (Å²) in [4.78, 5) is 12.0. The van der Waals surface area contributed by atoms with Gasteiger partial charge in [0, 0.05) is 11.5 Å². The van der Waals surface area contributed by atoms with Gasteiger partial charge in [0.2, 0.25) is 0 Å². The number of halogens is 1. The van der Waals surface area contributed by atoms with Gasteiger partial charge in [-0.3, -0.25) is 4.79 Å². The molecule has 2 unspecified atom stereocenters. The van der Waals surface area contributed by atoms with E-state index in [0.717, 1.165) is 0 Å². The molecule has 2 atom stereocenters. The molecule has 0 spiro atoms. The SMILES string of the molecule is CC1(C)C(O)CC1NC(=O)c1cccc(F)c1N. The Kier molecular flexibility index (Phi) is 3.02. The van der Waals surface area contributed by atoms with Crippen LogP contribution in [0.3, 0.4) is 0 Å². The molecule has 1 aromatic carbocycles. The maximum Gasteiger partial charge on any atom is 0.253 e. The van der Waals surface area contributed by atoms with E-state index in [4.69, 9.17) is 5.73 Å². The summed E-state index contributed by atoms with van der Waals surface area (Å²) in [6.45, 7) is 3.75. The molecular weight excluding hydrogens is 235 g/mol. The standard InChI is InChI=1S/C13H17FN2O2/c1-13(2)9(6-10(13)17)16-12(18)7-4-3-5-8(14)11(7)15/h3-5,9-10,17H,6,15H2,1-2H3,(H,16,18). The Morgan fingerprint density at radius 1 is 1.56 bits per heavy atom. The van der Waals surface area contributed by atoms with Gasteiger partial charge in [0.1, 0.15) is 5.82 Å². The highest BCUT2D eigenvalue weighted by molar-refractivity contribution is 5.99. The summed E-state index contributed by atoms with van der Waals surface area (Å²) in [5.74, 6) is -1.01. The van der Waals surface area contributed by atoms with Crippen molar-refractivity contribution in [1.82, 2.24) is 5.32 Å². The van der Waals surface area contributed by atoms with Crippen molar-refractivity contribution in [1.29, 1.82) is 0 Å². The summed E-state index contributed by atoms with van der Waals surface area (Å²) < 4.78 is 13.2. The van der Waals surface area contributed by atoms with Crippen LogP contribution in [-0.2, 0) is 0 Å². The molecule has 1 saturated carbocycles. The molecule has 0 saturated heterocycles. The lowest BCUT2D eigenvalue weighted by Gasteiger charge is -2.49. The lowest BCUT2D eigenvalue weighted by atomic mass is 9.64. The molecule has 4 nitrogen and oxygen atoms in total. The number of benzene rings is 1. The number of hydrogen-bond donors (Lipinski definition) is 3. The minimum atomic E-state index is -0.601. The number of amides is 1. The molecule has 98 valence electrons. The van der Waals surface area contributed by atoms with E-state index in [0.29, 0.717) is 6.42 Å². The molecule has 0 bridgehead atoms. The van der Waals surface area contributed by atoms with E-state index in [1.54, 1.807) is 0 Å². The number of carbonyl (C=O) groups excluding carboxylic acids is 1. The number of para-hydroxylation sites is 1. The van der Waals surface area contributed by atoms with Crippen molar-refractivity contribution in [3.63, 3.8) is 0 Å². The average Bonchev–Trinajstić information content (AvgIpc) is 2.32. The van der Waals surface area contributed by atoms with Gasteiger partial charge >= 0.3 is 0 Å². The van der Waals surface area contributed by atoms with E-state index >= 15 is 0 Å². The van der Waals surface area contributed by atoms with Crippen LogP contribution in [0, 0.1) is 11.2 Å². The zero-order valence-electron chi connectivity index (χ0n) is 10.4. The van der Waals surface area contributed by atoms with E-state index in [-0.39, 0.29) is 22.7 Å². The quantitative estimate of drug-likeness (QED) is 0.694. The van der Waals surface area contributed by atoms with Gasteiger partial charge in [-0.2, -0.15) is 0 Å². The molecular formula is C13H17FN2O2. The molecule has 2 rings (SSSR count). The Labute approximate surface area is 105 Å². The van der Waals surface area contributed by atoms with Crippen molar-refractivity contribution in [3.05, 3.63) is 29.6 Å². The van der Waals surface area contributed by atoms with Crippen LogP contribution in [-0.4, -0.2) is 23.2 Å². The van der Waals surface area contributed by atoms with Gasteiger partial charge in [-0.1, -0.05) is 19.9 Å². The number of aliphatic hydroxyl groups is 1. The van der Waals surface area contributed by atoms with Crippen LogP contribution in [0.4, 0.5) is 10.1 Å². The maximum atomic E-state index is 13.2. The monoisotopic (exact) mass is 252 g/mol. The smallest absolute Gasteiger partial charge is 0.253 e. The first kappa shape index (κ1) is 12.8. The average molecular weight is 252 g/mol. The van der Waals surface area contributed by atoms with Crippen molar-refractivity contribution in [2.45, 2.75) is 32.4 Å². The first-order chi connectivity index (χ1) is 8.34. The van der Waals surface area contributed by atoms with Crippen LogP contribution in [0.5, 0.6) is 0 Å². The van der Waals surface area contributed by atoms with Crippen molar-refractivity contribution in [2.24, 2.45) is 5.41 Å². The fourth-order valence-corrected chi connectivity index (χ4v) is 2.12. The second kappa shape index (κ2) is 4.24. The molecule has 0 aromatic heterocycles. The zero-order valence-corrected chi connectivity index (χ0v) is 10.4.